The maximum Gasteiger partial charge on any atom is 0.242 e. The van der Waals surface area contributed by atoms with Crippen LogP contribution in [0, 0.1) is 12.7 Å². The highest BCUT2D eigenvalue weighted by molar-refractivity contribution is 7.99. The fraction of sp³-hybridized carbons (Fsp3) is 0.391. The molecule has 0 fully saturated rings. The SMILES string of the molecule is CCCNC(=O)C(C)N(Cc1ccc(C)cc1)C(=O)CSCc1c(F)cccc1Cl. The molecular formula is C23H28ClFN2O2S. The van der Waals surface area contributed by atoms with Gasteiger partial charge in [-0.2, -0.15) is 0 Å². The molecule has 4 nitrogen and oxygen atoms in total. The molecule has 0 aliphatic heterocycles. The lowest BCUT2D eigenvalue weighted by molar-refractivity contribution is -0.138. The second kappa shape index (κ2) is 12.0. The molecule has 0 bridgehead atoms. The van der Waals surface area contributed by atoms with Gasteiger partial charge in [0.15, 0.2) is 0 Å². The van der Waals surface area contributed by atoms with Gasteiger partial charge in [-0.3, -0.25) is 9.59 Å². The summed E-state index contributed by atoms with van der Waals surface area (Å²) in [5, 5.41) is 3.20. The first-order valence-electron chi connectivity index (χ1n) is 9.96. The molecule has 162 valence electrons. The molecule has 1 N–H and O–H groups in total. The Morgan fingerprint density at radius 3 is 2.53 bits per heavy atom. The van der Waals surface area contributed by atoms with E-state index in [-0.39, 0.29) is 29.1 Å². The van der Waals surface area contributed by atoms with Crippen molar-refractivity contribution in [3.8, 4) is 0 Å². The second-order valence-electron chi connectivity index (χ2n) is 7.17. The maximum absolute atomic E-state index is 14.0. The monoisotopic (exact) mass is 450 g/mol. The summed E-state index contributed by atoms with van der Waals surface area (Å²) in [4.78, 5) is 27.1. The Hall–Kier alpha value is -2.05. The number of hydrogen-bond donors (Lipinski definition) is 1. The van der Waals surface area contributed by atoms with E-state index in [9.17, 15) is 14.0 Å². The van der Waals surface area contributed by atoms with Crippen molar-refractivity contribution in [3.63, 3.8) is 0 Å². The van der Waals surface area contributed by atoms with Gasteiger partial charge in [0.25, 0.3) is 0 Å². The first-order valence-corrected chi connectivity index (χ1v) is 11.5. The number of nitrogens with zero attached hydrogens (tertiary/aromatic N) is 1. The van der Waals surface area contributed by atoms with Gasteiger partial charge in [-0.15, -0.1) is 11.8 Å². The zero-order valence-electron chi connectivity index (χ0n) is 17.6. The average molecular weight is 451 g/mol. The second-order valence-corrected chi connectivity index (χ2v) is 8.56. The van der Waals surface area contributed by atoms with Crippen LogP contribution in [0.25, 0.3) is 0 Å². The highest BCUT2D eigenvalue weighted by Gasteiger charge is 2.26. The largest absolute Gasteiger partial charge is 0.354 e. The Morgan fingerprint density at radius 1 is 1.20 bits per heavy atom. The quantitative estimate of drug-likeness (QED) is 0.556. The summed E-state index contributed by atoms with van der Waals surface area (Å²) in [5.74, 6) is -0.327. The molecular weight excluding hydrogens is 423 g/mol. The van der Waals surface area contributed by atoms with Crippen LogP contribution < -0.4 is 5.32 Å². The lowest BCUT2D eigenvalue weighted by Crippen LogP contribution is -2.48. The van der Waals surface area contributed by atoms with E-state index >= 15 is 0 Å². The summed E-state index contributed by atoms with van der Waals surface area (Å²) in [6.07, 6.45) is 0.823. The van der Waals surface area contributed by atoms with Crippen molar-refractivity contribution >= 4 is 35.2 Å². The molecule has 2 amide bonds. The van der Waals surface area contributed by atoms with E-state index in [1.165, 1.54) is 17.8 Å². The molecule has 0 saturated carbocycles. The first-order chi connectivity index (χ1) is 14.3. The summed E-state index contributed by atoms with van der Waals surface area (Å²) in [7, 11) is 0. The number of aryl methyl sites for hydroxylation is 1. The third-order valence-corrected chi connectivity index (χ3v) is 6.02. The van der Waals surface area contributed by atoms with Crippen molar-refractivity contribution in [2.75, 3.05) is 12.3 Å². The molecule has 0 aromatic heterocycles. The van der Waals surface area contributed by atoms with E-state index in [2.05, 4.69) is 5.32 Å². The number of carbonyl (C=O) groups excluding carboxylic acids is 2. The number of thioether (sulfide) groups is 1. The molecule has 1 atom stereocenters. The van der Waals surface area contributed by atoms with Crippen LogP contribution in [0.15, 0.2) is 42.5 Å². The predicted molar refractivity (Wildman–Crippen MR) is 122 cm³/mol. The normalized spacial score (nSPS) is 11.8. The van der Waals surface area contributed by atoms with Gasteiger partial charge in [-0.05, 0) is 38.0 Å². The number of rotatable bonds is 10. The van der Waals surface area contributed by atoms with Gasteiger partial charge in [0.2, 0.25) is 11.8 Å². The maximum atomic E-state index is 14.0. The summed E-state index contributed by atoms with van der Waals surface area (Å²) in [6.45, 7) is 6.61. The third-order valence-electron chi connectivity index (χ3n) is 4.72. The summed E-state index contributed by atoms with van der Waals surface area (Å²) >= 11 is 7.35. The first kappa shape index (κ1) is 24.2. The van der Waals surface area contributed by atoms with Gasteiger partial charge in [0.1, 0.15) is 11.9 Å². The van der Waals surface area contributed by atoms with Gasteiger partial charge in [-0.25, -0.2) is 4.39 Å². The van der Waals surface area contributed by atoms with Crippen LogP contribution in [-0.2, 0) is 21.9 Å². The molecule has 7 heteroatoms. The topological polar surface area (TPSA) is 49.4 Å². The van der Waals surface area contributed by atoms with Crippen LogP contribution in [0.4, 0.5) is 4.39 Å². The molecule has 30 heavy (non-hydrogen) atoms. The number of carbonyl (C=O) groups is 2. The van der Waals surface area contributed by atoms with Crippen molar-refractivity contribution in [3.05, 3.63) is 70.0 Å². The standard InChI is InChI=1S/C23H28ClFN2O2S/c1-4-12-26-23(29)17(3)27(13-18-10-8-16(2)9-11-18)22(28)15-30-14-19-20(24)6-5-7-21(19)25/h5-11,17H,4,12-15H2,1-3H3,(H,26,29). The number of nitrogens with one attached hydrogen (secondary N) is 1. The van der Waals surface area contributed by atoms with Crippen molar-refractivity contribution in [1.29, 1.82) is 0 Å². The van der Waals surface area contributed by atoms with Crippen LogP contribution in [0.3, 0.4) is 0 Å². The van der Waals surface area contributed by atoms with Gasteiger partial charge in [0.05, 0.1) is 5.75 Å². The zero-order valence-corrected chi connectivity index (χ0v) is 19.2. The lowest BCUT2D eigenvalue weighted by Gasteiger charge is -2.29. The minimum absolute atomic E-state index is 0.127. The molecule has 0 radical (unpaired) electrons. The smallest absolute Gasteiger partial charge is 0.242 e. The number of benzene rings is 2. The van der Waals surface area contributed by atoms with Crippen LogP contribution in [0.1, 0.15) is 37.0 Å². The summed E-state index contributed by atoms with van der Waals surface area (Å²) < 4.78 is 14.0. The molecule has 0 spiro atoms. The Balaban J connectivity index is 2.08. The fourth-order valence-corrected chi connectivity index (χ4v) is 4.11. The molecule has 2 rings (SSSR count). The third kappa shape index (κ3) is 7.03. The van der Waals surface area contributed by atoms with Gasteiger partial charge >= 0.3 is 0 Å². The minimum Gasteiger partial charge on any atom is -0.354 e. The van der Waals surface area contributed by atoms with Crippen molar-refractivity contribution < 1.29 is 14.0 Å². The van der Waals surface area contributed by atoms with Crippen LogP contribution in [0.5, 0.6) is 0 Å². The summed E-state index contributed by atoms with van der Waals surface area (Å²) in [6, 6.07) is 11.8. The van der Waals surface area contributed by atoms with Crippen molar-refractivity contribution in [2.24, 2.45) is 0 Å². The zero-order chi connectivity index (χ0) is 22.1. The van der Waals surface area contributed by atoms with Gasteiger partial charge in [-0.1, -0.05) is 54.4 Å². The van der Waals surface area contributed by atoms with E-state index in [4.69, 9.17) is 11.6 Å². The number of halogens is 2. The molecule has 1 unspecified atom stereocenters. The van der Waals surface area contributed by atoms with Crippen molar-refractivity contribution in [2.45, 2.75) is 45.5 Å². The highest BCUT2D eigenvalue weighted by Crippen LogP contribution is 2.24. The van der Waals surface area contributed by atoms with E-state index in [0.717, 1.165) is 17.5 Å². The average Bonchev–Trinajstić information content (AvgIpc) is 2.73. The van der Waals surface area contributed by atoms with Crippen molar-refractivity contribution in [1.82, 2.24) is 10.2 Å². The van der Waals surface area contributed by atoms with Crippen LogP contribution >= 0.6 is 23.4 Å². The Bertz CT molecular complexity index is 841. The Kier molecular flexibility index (Phi) is 9.66. The molecule has 0 heterocycles. The molecule has 0 saturated heterocycles. The molecule has 2 aromatic rings. The van der Waals surface area contributed by atoms with E-state index < -0.39 is 6.04 Å². The predicted octanol–water partition coefficient (Wildman–Crippen LogP) is 4.96. The summed E-state index contributed by atoms with van der Waals surface area (Å²) in [5.41, 5.74) is 2.46. The molecule has 0 aliphatic rings. The minimum atomic E-state index is -0.608. The Morgan fingerprint density at radius 2 is 1.90 bits per heavy atom. The molecule has 0 aliphatic carbocycles. The van der Waals surface area contributed by atoms with E-state index in [1.54, 1.807) is 24.0 Å². The van der Waals surface area contributed by atoms with Crippen LogP contribution in [-0.4, -0.2) is 35.1 Å². The molecule has 2 aromatic carbocycles. The fourth-order valence-electron chi connectivity index (χ4n) is 2.86. The highest BCUT2D eigenvalue weighted by atomic mass is 35.5. The van der Waals surface area contributed by atoms with Gasteiger partial charge in [0, 0.05) is 29.4 Å². The Labute approximate surface area is 187 Å². The van der Waals surface area contributed by atoms with Crippen LogP contribution in [0.2, 0.25) is 5.02 Å². The number of amides is 2. The number of hydrogen-bond acceptors (Lipinski definition) is 3. The van der Waals surface area contributed by atoms with Gasteiger partial charge < -0.3 is 10.2 Å². The lowest BCUT2D eigenvalue weighted by atomic mass is 10.1. The van der Waals surface area contributed by atoms with E-state index in [0.29, 0.717) is 23.7 Å². The van der Waals surface area contributed by atoms with E-state index in [1.807, 2.05) is 38.1 Å².